The highest BCUT2D eigenvalue weighted by atomic mass is 31.2. The van der Waals surface area contributed by atoms with E-state index in [2.05, 4.69) is 22.6 Å². The minimum absolute atomic E-state index is 0.346. The molecule has 0 radical (unpaired) electrons. The van der Waals surface area contributed by atoms with Gasteiger partial charge in [0.15, 0.2) is 11.0 Å². The van der Waals surface area contributed by atoms with Crippen LogP contribution in [0.4, 0.5) is 0 Å². The molecule has 0 aliphatic rings. The zero-order valence-electron chi connectivity index (χ0n) is 17.2. The van der Waals surface area contributed by atoms with E-state index in [0.29, 0.717) is 45.5 Å². The average molecular weight is 410 g/mol. The van der Waals surface area contributed by atoms with Crippen LogP contribution in [0.15, 0.2) is 30.9 Å². The van der Waals surface area contributed by atoms with Crippen LogP contribution in [-0.2, 0) is 33.2 Å². The summed E-state index contributed by atoms with van der Waals surface area (Å²) in [5, 5.41) is 0. The van der Waals surface area contributed by atoms with Crippen LogP contribution in [0, 0.1) is 0 Å². The van der Waals surface area contributed by atoms with Crippen LogP contribution in [0.2, 0.25) is 0 Å². The number of hydrogen-bond donors (Lipinski definition) is 1. The summed E-state index contributed by atoms with van der Waals surface area (Å²) in [5.41, 5.74) is 8.17. The fourth-order valence-electron chi connectivity index (χ4n) is 3.38. The number of rotatable bonds is 13. The Hall–Kier alpha value is -1.66. The van der Waals surface area contributed by atoms with Gasteiger partial charge in [-0.05, 0) is 39.3 Å². The molecule has 1 aromatic carbocycles. The molecule has 2 N–H and O–H groups in total. The SMILES string of the molecule is C=CC[n+]1c(CN)n(CC)c2cc(OCCCP(=O)(OCC)OCC)ccc21. The number of benzene rings is 1. The van der Waals surface area contributed by atoms with Gasteiger partial charge in [0.25, 0.3) is 5.82 Å². The second-order valence-corrected chi connectivity index (χ2v) is 8.47. The van der Waals surface area contributed by atoms with Crippen molar-refractivity contribution < 1.29 is 22.9 Å². The lowest BCUT2D eigenvalue weighted by Gasteiger charge is -2.16. The van der Waals surface area contributed by atoms with E-state index in [1.807, 2.05) is 38.1 Å². The smallest absolute Gasteiger partial charge is 0.330 e. The number of aromatic nitrogens is 2. The monoisotopic (exact) mass is 410 g/mol. The molecule has 0 unspecified atom stereocenters. The number of aryl methyl sites for hydroxylation is 1. The summed E-state index contributed by atoms with van der Waals surface area (Å²) < 4.78 is 33.4. The van der Waals surface area contributed by atoms with Crippen LogP contribution < -0.4 is 15.0 Å². The van der Waals surface area contributed by atoms with Gasteiger partial charge >= 0.3 is 7.60 Å². The van der Waals surface area contributed by atoms with Gasteiger partial charge in [-0.15, -0.1) is 0 Å². The molecule has 0 bridgehead atoms. The van der Waals surface area contributed by atoms with E-state index in [1.54, 1.807) is 0 Å². The fourth-order valence-corrected chi connectivity index (χ4v) is 5.01. The van der Waals surface area contributed by atoms with Crippen LogP contribution in [0.1, 0.15) is 33.0 Å². The summed E-state index contributed by atoms with van der Waals surface area (Å²) >= 11 is 0. The van der Waals surface area contributed by atoms with Crippen molar-refractivity contribution in [1.29, 1.82) is 0 Å². The normalized spacial score (nSPS) is 11.9. The lowest BCUT2D eigenvalue weighted by molar-refractivity contribution is -0.669. The molecule has 0 saturated carbocycles. The molecular formula is C20H33N3O4P+. The predicted molar refractivity (Wildman–Crippen MR) is 112 cm³/mol. The van der Waals surface area contributed by atoms with E-state index in [0.717, 1.165) is 29.2 Å². The zero-order chi connectivity index (χ0) is 20.6. The minimum Gasteiger partial charge on any atom is -0.493 e. The summed E-state index contributed by atoms with van der Waals surface area (Å²) in [6, 6.07) is 6.03. The molecule has 0 fully saturated rings. The molecule has 0 saturated heterocycles. The third-order valence-electron chi connectivity index (χ3n) is 4.46. The molecular weight excluding hydrogens is 377 g/mol. The first-order chi connectivity index (χ1) is 13.5. The van der Waals surface area contributed by atoms with E-state index >= 15 is 0 Å². The van der Waals surface area contributed by atoms with Crippen molar-refractivity contribution in [3.05, 3.63) is 36.7 Å². The summed E-state index contributed by atoms with van der Waals surface area (Å²) in [6.45, 7) is 12.7. The quantitative estimate of drug-likeness (QED) is 0.236. The maximum atomic E-state index is 12.5. The van der Waals surface area contributed by atoms with Gasteiger partial charge in [-0.3, -0.25) is 4.57 Å². The molecule has 7 nitrogen and oxygen atoms in total. The van der Waals surface area contributed by atoms with E-state index in [9.17, 15) is 4.57 Å². The number of fused-ring (bicyclic) bond motifs is 1. The summed E-state index contributed by atoms with van der Waals surface area (Å²) in [4.78, 5) is 0. The maximum Gasteiger partial charge on any atom is 0.330 e. The van der Waals surface area contributed by atoms with Crippen molar-refractivity contribution in [2.24, 2.45) is 5.73 Å². The molecule has 0 amide bonds. The van der Waals surface area contributed by atoms with Gasteiger partial charge in [0.1, 0.15) is 12.3 Å². The van der Waals surface area contributed by atoms with E-state index in [1.165, 1.54) is 0 Å². The van der Waals surface area contributed by atoms with Gasteiger partial charge in [0.2, 0.25) is 0 Å². The summed E-state index contributed by atoms with van der Waals surface area (Å²) in [7, 11) is -3.02. The second-order valence-electron chi connectivity index (χ2n) is 6.29. The lowest BCUT2D eigenvalue weighted by Crippen LogP contribution is -2.38. The Morgan fingerprint density at radius 3 is 2.54 bits per heavy atom. The Kier molecular flexibility index (Phi) is 8.70. The number of allylic oxidation sites excluding steroid dienone is 1. The number of nitrogens with zero attached hydrogens (tertiary/aromatic N) is 2. The molecule has 0 aliphatic carbocycles. The first-order valence-corrected chi connectivity index (χ1v) is 11.6. The number of nitrogens with two attached hydrogens (primary N) is 1. The van der Waals surface area contributed by atoms with Crippen molar-refractivity contribution in [1.82, 2.24) is 4.57 Å². The molecule has 2 aromatic rings. The Labute approximate surface area is 167 Å². The molecule has 156 valence electrons. The van der Waals surface area contributed by atoms with Crippen LogP contribution >= 0.6 is 7.60 Å². The number of hydrogen-bond acceptors (Lipinski definition) is 5. The Bertz CT molecular complexity index is 824. The molecule has 1 aromatic heterocycles. The minimum atomic E-state index is -3.02. The van der Waals surface area contributed by atoms with Crippen molar-refractivity contribution in [3.8, 4) is 5.75 Å². The van der Waals surface area contributed by atoms with Crippen molar-refractivity contribution in [2.45, 2.75) is 46.8 Å². The first-order valence-electron chi connectivity index (χ1n) is 9.90. The third kappa shape index (κ3) is 5.23. The summed E-state index contributed by atoms with van der Waals surface area (Å²) in [6.07, 6.45) is 2.81. The lowest BCUT2D eigenvalue weighted by atomic mass is 10.3. The molecule has 8 heteroatoms. The number of imidazole rings is 1. The van der Waals surface area contributed by atoms with E-state index < -0.39 is 7.60 Å². The van der Waals surface area contributed by atoms with Gasteiger partial charge in [-0.1, -0.05) is 12.7 Å². The van der Waals surface area contributed by atoms with Gasteiger partial charge < -0.3 is 19.5 Å². The Balaban J connectivity index is 2.12. The Morgan fingerprint density at radius 2 is 1.96 bits per heavy atom. The molecule has 0 atom stereocenters. The highest BCUT2D eigenvalue weighted by molar-refractivity contribution is 7.53. The van der Waals surface area contributed by atoms with Crippen LogP contribution in [-0.4, -0.2) is 30.5 Å². The molecule has 2 rings (SSSR count). The Morgan fingerprint density at radius 1 is 1.25 bits per heavy atom. The number of ether oxygens (including phenoxy) is 1. The van der Waals surface area contributed by atoms with E-state index in [-0.39, 0.29) is 0 Å². The van der Waals surface area contributed by atoms with Crippen LogP contribution in [0.3, 0.4) is 0 Å². The van der Waals surface area contributed by atoms with E-state index in [4.69, 9.17) is 19.5 Å². The zero-order valence-corrected chi connectivity index (χ0v) is 18.1. The van der Waals surface area contributed by atoms with Gasteiger partial charge in [0.05, 0.1) is 39.1 Å². The average Bonchev–Trinajstić information content (AvgIpc) is 2.98. The highest BCUT2D eigenvalue weighted by Gasteiger charge is 2.24. The molecule has 1 heterocycles. The maximum absolute atomic E-state index is 12.5. The highest BCUT2D eigenvalue weighted by Crippen LogP contribution is 2.48. The largest absolute Gasteiger partial charge is 0.493 e. The van der Waals surface area contributed by atoms with Crippen molar-refractivity contribution in [2.75, 3.05) is 26.0 Å². The summed E-state index contributed by atoms with van der Waals surface area (Å²) in [5.74, 6) is 1.83. The van der Waals surface area contributed by atoms with Gasteiger partial charge in [-0.2, -0.15) is 0 Å². The molecule has 28 heavy (non-hydrogen) atoms. The predicted octanol–water partition coefficient (Wildman–Crippen LogP) is 3.63. The van der Waals surface area contributed by atoms with Crippen molar-refractivity contribution in [3.63, 3.8) is 0 Å². The third-order valence-corrected chi connectivity index (χ3v) is 6.63. The van der Waals surface area contributed by atoms with Crippen molar-refractivity contribution >= 4 is 18.6 Å². The standard InChI is InChI=1S/C20H33N3O4P/c1-5-12-23-18-11-10-17(15-19(18)22(6-2)20(23)16-21)25-13-9-14-28(24,26-7-3)27-8-4/h5,10-11,15H,1,6-9,12-14,16,21H2,2-4H3/q+1. The topological polar surface area (TPSA) is 79.6 Å². The van der Waals surface area contributed by atoms with Crippen LogP contribution in [0.5, 0.6) is 5.75 Å². The second kappa shape index (κ2) is 10.8. The first kappa shape index (κ1) is 22.6. The molecule has 0 spiro atoms. The van der Waals surface area contributed by atoms with Gasteiger partial charge in [-0.25, -0.2) is 9.13 Å². The fraction of sp³-hybridized carbons (Fsp3) is 0.550. The van der Waals surface area contributed by atoms with Crippen LogP contribution in [0.25, 0.3) is 11.0 Å². The molecule has 0 aliphatic heterocycles. The van der Waals surface area contributed by atoms with Gasteiger partial charge in [0, 0.05) is 6.07 Å².